The first kappa shape index (κ1) is 16.0. The lowest BCUT2D eigenvalue weighted by molar-refractivity contribution is 0.234. The molecular formula is C17H29NO. The summed E-state index contributed by atoms with van der Waals surface area (Å²) < 4.78 is 5.89. The maximum Gasteiger partial charge on any atom is 0.119 e. The highest BCUT2D eigenvalue weighted by molar-refractivity contribution is 5.20. The molecule has 1 atom stereocenters. The molecule has 0 fully saturated rings. The third-order valence-corrected chi connectivity index (χ3v) is 3.65. The van der Waals surface area contributed by atoms with Crippen LogP contribution in [0.4, 0.5) is 0 Å². The van der Waals surface area contributed by atoms with Crippen molar-refractivity contribution in [3.63, 3.8) is 0 Å². The first-order valence-corrected chi connectivity index (χ1v) is 7.71. The quantitative estimate of drug-likeness (QED) is 0.681. The van der Waals surface area contributed by atoms with Gasteiger partial charge in [0.2, 0.25) is 0 Å². The zero-order valence-electron chi connectivity index (χ0n) is 12.7. The lowest BCUT2D eigenvalue weighted by Gasteiger charge is -2.23. The maximum absolute atomic E-state index is 5.89. The molecule has 0 amide bonds. The molecule has 1 N–H and O–H groups in total. The summed E-state index contributed by atoms with van der Waals surface area (Å²) in [6.45, 7) is 8.61. The van der Waals surface area contributed by atoms with Crippen molar-refractivity contribution >= 4 is 0 Å². The lowest BCUT2D eigenvalue weighted by Crippen LogP contribution is -2.36. The maximum atomic E-state index is 5.89. The second kappa shape index (κ2) is 9.85. The fourth-order valence-electron chi connectivity index (χ4n) is 2.30. The molecule has 108 valence electrons. The number of hydrogen-bond acceptors (Lipinski definition) is 2. The van der Waals surface area contributed by atoms with E-state index in [0.717, 1.165) is 24.8 Å². The number of para-hydroxylation sites is 1. The Morgan fingerprint density at radius 1 is 1.05 bits per heavy atom. The summed E-state index contributed by atoms with van der Waals surface area (Å²) in [7, 11) is 0. The van der Waals surface area contributed by atoms with Crippen LogP contribution in [0.15, 0.2) is 30.3 Å². The van der Waals surface area contributed by atoms with Gasteiger partial charge in [-0.15, -0.1) is 0 Å². The Labute approximate surface area is 118 Å². The molecule has 0 saturated carbocycles. The van der Waals surface area contributed by atoms with Gasteiger partial charge in [-0.2, -0.15) is 0 Å². The van der Waals surface area contributed by atoms with Gasteiger partial charge >= 0.3 is 0 Å². The van der Waals surface area contributed by atoms with Crippen molar-refractivity contribution in [2.24, 2.45) is 5.92 Å². The van der Waals surface area contributed by atoms with Gasteiger partial charge in [0.05, 0.1) is 0 Å². The Morgan fingerprint density at radius 2 is 1.74 bits per heavy atom. The van der Waals surface area contributed by atoms with Crippen molar-refractivity contribution in [2.45, 2.75) is 52.5 Å². The van der Waals surface area contributed by atoms with Crippen LogP contribution in [0.1, 0.15) is 46.5 Å². The van der Waals surface area contributed by atoms with Gasteiger partial charge in [-0.3, -0.25) is 0 Å². The Morgan fingerprint density at radius 3 is 2.32 bits per heavy atom. The average Bonchev–Trinajstić information content (AvgIpc) is 2.47. The van der Waals surface area contributed by atoms with Gasteiger partial charge in [-0.25, -0.2) is 0 Å². The minimum absolute atomic E-state index is 0.463. The van der Waals surface area contributed by atoms with E-state index in [1.807, 2.05) is 30.3 Å². The van der Waals surface area contributed by atoms with E-state index in [0.29, 0.717) is 6.04 Å². The van der Waals surface area contributed by atoms with Crippen LogP contribution < -0.4 is 10.1 Å². The van der Waals surface area contributed by atoms with Gasteiger partial charge in [0.1, 0.15) is 12.4 Å². The van der Waals surface area contributed by atoms with E-state index >= 15 is 0 Å². The van der Waals surface area contributed by atoms with Gasteiger partial charge in [0.15, 0.2) is 0 Å². The van der Waals surface area contributed by atoms with Crippen molar-refractivity contribution < 1.29 is 4.74 Å². The molecule has 0 aromatic heterocycles. The summed E-state index contributed by atoms with van der Waals surface area (Å²) >= 11 is 0. The van der Waals surface area contributed by atoms with Crippen LogP contribution in [0, 0.1) is 5.92 Å². The highest BCUT2D eigenvalue weighted by atomic mass is 16.5. The topological polar surface area (TPSA) is 21.3 Å². The zero-order chi connectivity index (χ0) is 13.9. The molecule has 0 bridgehead atoms. The minimum Gasteiger partial charge on any atom is -0.492 e. The summed E-state index contributed by atoms with van der Waals surface area (Å²) in [5.41, 5.74) is 0. The van der Waals surface area contributed by atoms with E-state index in [9.17, 15) is 0 Å². The molecule has 0 aliphatic carbocycles. The Balaban J connectivity index is 2.44. The van der Waals surface area contributed by atoms with Crippen LogP contribution in [-0.2, 0) is 0 Å². The van der Waals surface area contributed by atoms with E-state index in [-0.39, 0.29) is 0 Å². The number of hydrogen-bond donors (Lipinski definition) is 1. The molecule has 1 aromatic carbocycles. The van der Waals surface area contributed by atoms with E-state index in [4.69, 9.17) is 4.74 Å². The third kappa shape index (κ3) is 6.63. The van der Waals surface area contributed by atoms with Crippen LogP contribution in [0.2, 0.25) is 0 Å². The monoisotopic (exact) mass is 263 g/mol. The van der Waals surface area contributed by atoms with Gasteiger partial charge in [-0.05, 0) is 37.4 Å². The van der Waals surface area contributed by atoms with Crippen LogP contribution in [0.3, 0.4) is 0 Å². The molecule has 1 unspecified atom stereocenters. The van der Waals surface area contributed by atoms with E-state index in [1.54, 1.807) is 0 Å². The first-order valence-electron chi connectivity index (χ1n) is 7.71. The molecule has 1 aromatic rings. The largest absolute Gasteiger partial charge is 0.492 e. The van der Waals surface area contributed by atoms with Crippen LogP contribution in [-0.4, -0.2) is 19.2 Å². The van der Waals surface area contributed by atoms with E-state index in [1.165, 1.54) is 25.7 Å². The smallest absolute Gasteiger partial charge is 0.119 e. The van der Waals surface area contributed by atoms with Gasteiger partial charge < -0.3 is 10.1 Å². The highest BCUT2D eigenvalue weighted by Gasteiger charge is 2.14. The molecule has 19 heavy (non-hydrogen) atoms. The standard InChI is InChI=1S/C17H29NO/c1-4-12-18-16(13-15(5-2)6-3)14-19-17-10-8-7-9-11-17/h7-11,15-16,18H,4-6,12-14H2,1-3H3. The van der Waals surface area contributed by atoms with Gasteiger partial charge in [-0.1, -0.05) is 51.8 Å². The van der Waals surface area contributed by atoms with Crippen LogP contribution in [0.25, 0.3) is 0 Å². The fourth-order valence-corrected chi connectivity index (χ4v) is 2.30. The zero-order valence-corrected chi connectivity index (χ0v) is 12.7. The minimum atomic E-state index is 0.463. The first-order chi connectivity index (χ1) is 9.30. The second-order valence-corrected chi connectivity index (χ2v) is 5.19. The summed E-state index contributed by atoms with van der Waals surface area (Å²) in [5, 5.41) is 3.61. The molecule has 0 aliphatic heterocycles. The second-order valence-electron chi connectivity index (χ2n) is 5.19. The van der Waals surface area contributed by atoms with Crippen molar-refractivity contribution in [2.75, 3.05) is 13.2 Å². The van der Waals surface area contributed by atoms with Crippen LogP contribution >= 0.6 is 0 Å². The molecule has 2 nitrogen and oxygen atoms in total. The number of rotatable bonds is 10. The van der Waals surface area contributed by atoms with Crippen molar-refractivity contribution in [1.82, 2.24) is 5.32 Å². The van der Waals surface area contributed by atoms with E-state index < -0.39 is 0 Å². The molecule has 0 radical (unpaired) electrons. The average molecular weight is 263 g/mol. The Hall–Kier alpha value is -1.02. The molecule has 0 heterocycles. The van der Waals surface area contributed by atoms with Gasteiger partial charge in [0, 0.05) is 6.04 Å². The number of nitrogens with one attached hydrogen (secondary N) is 1. The predicted molar refractivity (Wildman–Crippen MR) is 82.7 cm³/mol. The molecule has 0 spiro atoms. The number of ether oxygens (including phenoxy) is 1. The molecule has 1 rings (SSSR count). The molecule has 2 heteroatoms. The SMILES string of the molecule is CCCNC(COc1ccccc1)CC(CC)CC. The summed E-state index contributed by atoms with van der Waals surface area (Å²) in [6, 6.07) is 10.6. The third-order valence-electron chi connectivity index (χ3n) is 3.65. The van der Waals surface area contributed by atoms with Crippen molar-refractivity contribution in [1.29, 1.82) is 0 Å². The van der Waals surface area contributed by atoms with Crippen molar-refractivity contribution in [3.05, 3.63) is 30.3 Å². The predicted octanol–water partition coefficient (Wildman–Crippen LogP) is 4.26. The molecule has 0 aliphatic rings. The molecule has 0 saturated heterocycles. The summed E-state index contributed by atoms with van der Waals surface area (Å²) in [4.78, 5) is 0. The van der Waals surface area contributed by atoms with E-state index in [2.05, 4.69) is 26.1 Å². The summed E-state index contributed by atoms with van der Waals surface area (Å²) in [5.74, 6) is 1.77. The Bertz CT molecular complexity index is 308. The number of benzene rings is 1. The Kier molecular flexibility index (Phi) is 8.31. The van der Waals surface area contributed by atoms with Crippen LogP contribution in [0.5, 0.6) is 5.75 Å². The fraction of sp³-hybridized carbons (Fsp3) is 0.647. The lowest BCUT2D eigenvalue weighted by atomic mass is 9.95. The summed E-state index contributed by atoms with van der Waals surface area (Å²) in [6.07, 6.45) is 4.89. The highest BCUT2D eigenvalue weighted by Crippen LogP contribution is 2.16. The van der Waals surface area contributed by atoms with Gasteiger partial charge in [0.25, 0.3) is 0 Å². The normalized spacial score (nSPS) is 12.6. The van der Waals surface area contributed by atoms with Crippen molar-refractivity contribution in [3.8, 4) is 5.75 Å². The molecular weight excluding hydrogens is 234 g/mol.